The fourth-order valence-corrected chi connectivity index (χ4v) is 6.47. The molecule has 0 aromatic heterocycles. The minimum absolute atomic E-state index is 0.762. The van der Waals surface area contributed by atoms with Gasteiger partial charge in [0.05, 0.1) is 0 Å². The van der Waals surface area contributed by atoms with E-state index in [1.165, 1.54) is 0 Å². The lowest BCUT2D eigenvalue weighted by atomic mass is 11.0. The second kappa shape index (κ2) is 3.77. The second-order valence-electron chi connectivity index (χ2n) is 1.05. The van der Waals surface area contributed by atoms with Crippen LogP contribution >= 0.6 is 55.8 Å². The van der Waals surface area contributed by atoms with Crippen molar-refractivity contribution < 1.29 is 0 Å². The third kappa shape index (κ3) is 7.82. The number of hydrogen-bond acceptors (Lipinski definition) is 0. The van der Waals surface area contributed by atoms with Gasteiger partial charge in [0, 0.05) is 4.43 Å². The largest absolute Gasteiger partial charge is 0.342 e. The molecule has 0 fully saturated rings. The third-order valence-electron chi connectivity index (χ3n) is 0.378. The topological polar surface area (TPSA) is 0 Å². The van der Waals surface area contributed by atoms with Crippen LogP contribution in [0.5, 0.6) is 0 Å². The number of rotatable bonds is 2. The van der Waals surface area contributed by atoms with Gasteiger partial charge < -0.3 is 0 Å². The Hall–Kier alpha value is 1.82. The molecular weight excluding hydrogens is 285 g/mol. The fourth-order valence-electron chi connectivity index (χ4n) is 0.107. The van der Waals surface area contributed by atoms with E-state index in [9.17, 15) is 0 Å². The monoisotopic (exact) mass is 288 g/mol. The summed E-state index contributed by atoms with van der Waals surface area (Å²) >= 11 is 18.7. The fraction of sp³-hybridized carbons (Fsp3) is 1.00. The highest BCUT2D eigenvalue weighted by molar-refractivity contribution is 14.1. The number of hydrogen-bond donors (Lipinski definition) is 0. The molecule has 0 aromatic carbocycles. The Labute approximate surface area is 71.8 Å². The molecule has 0 N–H and O–H groups in total. The summed E-state index contributed by atoms with van der Waals surface area (Å²) < 4.78 is 0.945. The highest BCUT2D eigenvalue weighted by atomic mass is 127. The molecule has 0 aliphatic rings. The summed E-state index contributed by atoms with van der Waals surface area (Å²) in [5, 5.41) is 0. The minimum atomic E-state index is -2.25. The summed E-state index contributed by atoms with van der Waals surface area (Å²) in [5.74, 6) is 0. The first-order valence-electron chi connectivity index (χ1n) is 1.69. The molecule has 0 saturated heterocycles. The highest BCUT2D eigenvalue weighted by Gasteiger charge is 2.22. The van der Waals surface area contributed by atoms with Crippen LogP contribution in [0.2, 0.25) is 6.04 Å². The Kier molecular flexibility index (Phi) is 4.75. The summed E-state index contributed by atoms with van der Waals surface area (Å²) in [7, 11) is 0. The average Bonchev–Trinajstić information content (AvgIpc) is 1.30. The average molecular weight is 289 g/mol. The van der Waals surface area contributed by atoms with E-state index in [1.807, 2.05) is 0 Å². The predicted molar refractivity (Wildman–Crippen MR) is 47.0 cm³/mol. The van der Waals surface area contributed by atoms with Gasteiger partial charge in [-0.15, -0.1) is 33.2 Å². The Morgan fingerprint density at radius 3 is 1.71 bits per heavy atom. The lowest BCUT2D eigenvalue weighted by Gasteiger charge is -2.01. The molecule has 0 atom stereocenters. The van der Waals surface area contributed by atoms with Gasteiger partial charge in [-0.05, 0) is 6.04 Å². The molecule has 0 heterocycles. The second-order valence-corrected chi connectivity index (χ2v) is 11.4. The van der Waals surface area contributed by atoms with Crippen LogP contribution < -0.4 is 0 Å². The van der Waals surface area contributed by atoms with E-state index in [0.717, 1.165) is 10.5 Å². The van der Waals surface area contributed by atoms with Gasteiger partial charge in [0.25, 0.3) is 0 Å². The maximum absolute atomic E-state index is 5.50. The quantitative estimate of drug-likeness (QED) is 0.317. The summed E-state index contributed by atoms with van der Waals surface area (Å²) in [5.41, 5.74) is 0. The van der Waals surface area contributed by atoms with Crippen LogP contribution in [0.3, 0.4) is 0 Å². The predicted octanol–water partition coefficient (Wildman–Crippen LogP) is 3.08. The first-order chi connectivity index (χ1) is 3.06. The molecule has 0 spiro atoms. The van der Waals surface area contributed by atoms with Crippen LogP contribution in [0.25, 0.3) is 0 Å². The standard InChI is InChI=1S/C2H4Cl3ISi/c3-7(4,5)2-1-6/h1-2H2. The van der Waals surface area contributed by atoms with Crippen LogP contribution in [0.15, 0.2) is 0 Å². The number of alkyl halides is 1. The Morgan fingerprint density at radius 1 is 1.29 bits per heavy atom. The molecule has 0 radical (unpaired) electrons. The summed E-state index contributed by atoms with van der Waals surface area (Å²) in [6.07, 6.45) is 0. The van der Waals surface area contributed by atoms with E-state index in [2.05, 4.69) is 22.6 Å². The minimum Gasteiger partial charge on any atom is -0.126 e. The van der Waals surface area contributed by atoms with Crippen LogP contribution in [0.4, 0.5) is 0 Å². The Balaban J connectivity index is 3.15. The molecule has 0 aliphatic heterocycles. The Bertz CT molecular complexity index is 51.4. The zero-order valence-electron chi connectivity index (χ0n) is 3.43. The van der Waals surface area contributed by atoms with Gasteiger partial charge in [0.2, 0.25) is 0 Å². The van der Waals surface area contributed by atoms with Crippen LogP contribution in [0, 0.1) is 0 Å². The van der Waals surface area contributed by atoms with E-state index in [1.54, 1.807) is 0 Å². The van der Waals surface area contributed by atoms with Crippen molar-refractivity contribution in [3.63, 3.8) is 0 Å². The van der Waals surface area contributed by atoms with E-state index in [0.29, 0.717) is 0 Å². The summed E-state index contributed by atoms with van der Waals surface area (Å²) in [6, 6.07) is -1.49. The normalized spacial score (nSPS) is 12.0. The van der Waals surface area contributed by atoms with Crippen molar-refractivity contribution >= 4 is 61.8 Å². The molecule has 0 aliphatic carbocycles. The maximum Gasteiger partial charge on any atom is 0.342 e. The molecule has 0 amide bonds. The smallest absolute Gasteiger partial charge is 0.126 e. The zero-order valence-corrected chi connectivity index (χ0v) is 8.85. The lowest BCUT2D eigenvalue weighted by molar-refractivity contribution is 1.53. The van der Waals surface area contributed by atoms with Crippen LogP contribution in [-0.2, 0) is 0 Å². The van der Waals surface area contributed by atoms with Gasteiger partial charge in [-0.1, -0.05) is 22.6 Å². The molecule has 0 aromatic rings. The van der Waals surface area contributed by atoms with Gasteiger partial charge in [0.1, 0.15) is 0 Å². The molecule has 0 saturated carbocycles. The lowest BCUT2D eigenvalue weighted by Crippen LogP contribution is -2.07. The molecular formula is C2H4Cl3ISi. The SMILES string of the molecule is Cl[Si](Cl)(Cl)CCI. The van der Waals surface area contributed by atoms with E-state index in [-0.39, 0.29) is 0 Å². The van der Waals surface area contributed by atoms with Crippen molar-refractivity contribution in [1.29, 1.82) is 0 Å². The van der Waals surface area contributed by atoms with E-state index < -0.39 is 6.00 Å². The van der Waals surface area contributed by atoms with Crippen molar-refractivity contribution in [3.05, 3.63) is 0 Å². The van der Waals surface area contributed by atoms with Gasteiger partial charge in [-0.3, -0.25) is 0 Å². The molecule has 7 heavy (non-hydrogen) atoms. The molecule has 5 heteroatoms. The molecule has 0 nitrogen and oxygen atoms in total. The molecule has 0 unspecified atom stereocenters. The van der Waals surface area contributed by atoms with Gasteiger partial charge in [-0.2, -0.15) is 0 Å². The van der Waals surface area contributed by atoms with Crippen molar-refractivity contribution in [2.24, 2.45) is 0 Å². The first-order valence-corrected chi connectivity index (χ1v) is 8.46. The van der Waals surface area contributed by atoms with Crippen molar-refractivity contribution in [3.8, 4) is 0 Å². The van der Waals surface area contributed by atoms with Gasteiger partial charge in [0.15, 0.2) is 0 Å². The van der Waals surface area contributed by atoms with Crippen LogP contribution in [0.1, 0.15) is 0 Å². The Morgan fingerprint density at radius 2 is 1.71 bits per heavy atom. The molecule has 44 valence electrons. The summed E-state index contributed by atoms with van der Waals surface area (Å²) in [6.45, 7) is 0. The van der Waals surface area contributed by atoms with Crippen molar-refractivity contribution in [2.75, 3.05) is 4.43 Å². The van der Waals surface area contributed by atoms with Gasteiger partial charge >= 0.3 is 6.00 Å². The zero-order chi connectivity index (χ0) is 5.91. The third-order valence-corrected chi connectivity index (χ3v) is 4.45. The highest BCUT2D eigenvalue weighted by Crippen LogP contribution is 2.25. The molecule has 0 rings (SSSR count). The van der Waals surface area contributed by atoms with Crippen molar-refractivity contribution in [1.82, 2.24) is 0 Å². The first kappa shape index (κ1) is 8.82. The van der Waals surface area contributed by atoms with Crippen LogP contribution in [-0.4, -0.2) is 10.4 Å². The van der Waals surface area contributed by atoms with E-state index >= 15 is 0 Å². The van der Waals surface area contributed by atoms with E-state index in [4.69, 9.17) is 33.2 Å². The molecule has 0 bridgehead atoms. The maximum atomic E-state index is 5.50. The number of halogens is 4. The van der Waals surface area contributed by atoms with Gasteiger partial charge in [-0.25, -0.2) is 0 Å². The van der Waals surface area contributed by atoms with Crippen molar-refractivity contribution in [2.45, 2.75) is 6.04 Å². The summed E-state index contributed by atoms with van der Waals surface area (Å²) in [4.78, 5) is 0.